The second kappa shape index (κ2) is 8.94. The normalized spacial score (nSPS) is 10.9. The standard InChI is InChI=1S/C23H19N7OS/c31-23(22-21(10-13-32-22)30-16-25-27-28-30)24-14-19-4-1-2-5-20(19)18-8-6-17(7-9-18)15-29-12-3-11-26-29/h1-13,16H,14-15H2,(H,24,31). The van der Waals surface area contributed by atoms with Gasteiger partial charge in [-0.15, -0.1) is 16.4 Å². The Morgan fingerprint density at radius 3 is 2.69 bits per heavy atom. The van der Waals surface area contributed by atoms with E-state index in [2.05, 4.69) is 56.3 Å². The van der Waals surface area contributed by atoms with Gasteiger partial charge in [-0.2, -0.15) is 9.78 Å². The van der Waals surface area contributed by atoms with E-state index >= 15 is 0 Å². The highest BCUT2D eigenvalue weighted by Crippen LogP contribution is 2.25. The quantitative estimate of drug-likeness (QED) is 0.417. The lowest BCUT2D eigenvalue weighted by Crippen LogP contribution is -2.23. The van der Waals surface area contributed by atoms with Gasteiger partial charge in [0.1, 0.15) is 11.2 Å². The van der Waals surface area contributed by atoms with Crippen LogP contribution in [-0.2, 0) is 13.1 Å². The minimum absolute atomic E-state index is 0.158. The fraction of sp³-hybridized carbons (Fsp3) is 0.0870. The van der Waals surface area contributed by atoms with Crippen LogP contribution in [-0.4, -0.2) is 35.9 Å². The van der Waals surface area contributed by atoms with E-state index in [9.17, 15) is 4.79 Å². The number of nitrogens with zero attached hydrogens (tertiary/aromatic N) is 6. The molecule has 5 aromatic rings. The van der Waals surface area contributed by atoms with Gasteiger partial charge in [-0.05, 0) is 50.2 Å². The molecule has 0 saturated carbocycles. The van der Waals surface area contributed by atoms with Crippen molar-refractivity contribution in [2.75, 3.05) is 0 Å². The van der Waals surface area contributed by atoms with Gasteiger partial charge < -0.3 is 5.32 Å². The van der Waals surface area contributed by atoms with Crippen molar-refractivity contribution in [3.05, 3.63) is 101 Å². The van der Waals surface area contributed by atoms with Crippen LogP contribution in [0.3, 0.4) is 0 Å². The average Bonchev–Trinajstić information content (AvgIpc) is 3.61. The highest BCUT2D eigenvalue weighted by atomic mass is 32.1. The van der Waals surface area contributed by atoms with Crippen molar-refractivity contribution in [3.63, 3.8) is 0 Å². The third-order valence-electron chi connectivity index (χ3n) is 5.07. The van der Waals surface area contributed by atoms with E-state index in [0.717, 1.165) is 23.2 Å². The molecule has 0 spiro atoms. The van der Waals surface area contributed by atoms with Gasteiger partial charge in [-0.25, -0.2) is 0 Å². The van der Waals surface area contributed by atoms with Gasteiger partial charge in [0.15, 0.2) is 0 Å². The maximum Gasteiger partial charge on any atom is 0.263 e. The number of aromatic nitrogens is 6. The van der Waals surface area contributed by atoms with E-state index in [1.54, 1.807) is 6.20 Å². The molecule has 0 aliphatic heterocycles. The minimum Gasteiger partial charge on any atom is -0.347 e. The van der Waals surface area contributed by atoms with E-state index < -0.39 is 0 Å². The van der Waals surface area contributed by atoms with Crippen LogP contribution in [0.2, 0.25) is 0 Å². The number of hydrogen-bond acceptors (Lipinski definition) is 6. The molecular formula is C23H19N7OS. The Morgan fingerprint density at radius 1 is 1.03 bits per heavy atom. The Hall–Kier alpha value is -4.11. The van der Waals surface area contributed by atoms with Crippen molar-refractivity contribution >= 4 is 17.2 Å². The molecule has 0 radical (unpaired) electrons. The number of nitrogens with one attached hydrogen (secondary N) is 1. The summed E-state index contributed by atoms with van der Waals surface area (Å²) >= 11 is 1.36. The molecule has 0 saturated heterocycles. The van der Waals surface area contributed by atoms with E-state index in [4.69, 9.17) is 0 Å². The summed E-state index contributed by atoms with van der Waals surface area (Å²) in [5.41, 5.74) is 5.07. The molecule has 0 fully saturated rings. The molecule has 3 heterocycles. The lowest BCUT2D eigenvalue weighted by atomic mass is 9.98. The van der Waals surface area contributed by atoms with Crippen molar-refractivity contribution in [3.8, 4) is 16.8 Å². The molecule has 2 aromatic carbocycles. The van der Waals surface area contributed by atoms with Crippen LogP contribution in [0.4, 0.5) is 0 Å². The Bertz CT molecular complexity index is 1310. The second-order valence-corrected chi connectivity index (χ2v) is 8.05. The van der Waals surface area contributed by atoms with Crippen molar-refractivity contribution in [1.82, 2.24) is 35.3 Å². The smallest absolute Gasteiger partial charge is 0.263 e. The summed E-state index contributed by atoms with van der Waals surface area (Å²) in [6, 6.07) is 20.3. The van der Waals surface area contributed by atoms with Crippen LogP contribution in [0.1, 0.15) is 20.8 Å². The van der Waals surface area contributed by atoms with Gasteiger partial charge in [-0.1, -0.05) is 48.5 Å². The fourth-order valence-corrected chi connectivity index (χ4v) is 4.30. The molecule has 8 nitrogen and oxygen atoms in total. The van der Waals surface area contributed by atoms with Crippen molar-refractivity contribution in [2.45, 2.75) is 13.1 Å². The van der Waals surface area contributed by atoms with Crippen LogP contribution < -0.4 is 5.32 Å². The Balaban J connectivity index is 1.31. The first-order chi connectivity index (χ1) is 15.8. The summed E-state index contributed by atoms with van der Waals surface area (Å²) in [4.78, 5) is 13.4. The van der Waals surface area contributed by atoms with E-state index in [1.807, 2.05) is 46.6 Å². The third-order valence-corrected chi connectivity index (χ3v) is 5.97. The zero-order valence-corrected chi connectivity index (χ0v) is 17.8. The van der Waals surface area contributed by atoms with E-state index in [-0.39, 0.29) is 5.91 Å². The molecule has 0 aliphatic carbocycles. The van der Waals surface area contributed by atoms with Crippen LogP contribution >= 0.6 is 11.3 Å². The van der Waals surface area contributed by atoms with Crippen LogP contribution in [0.15, 0.2) is 84.8 Å². The lowest BCUT2D eigenvalue weighted by Gasteiger charge is -2.12. The summed E-state index contributed by atoms with van der Waals surface area (Å²) in [6.45, 7) is 1.15. The number of carbonyl (C=O) groups excluding carboxylic acids is 1. The number of benzene rings is 2. The minimum atomic E-state index is -0.158. The van der Waals surface area contributed by atoms with Gasteiger partial charge >= 0.3 is 0 Å². The van der Waals surface area contributed by atoms with Crippen molar-refractivity contribution < 1.29 is 4.79 Å². The Kier molecular flexibility index (Phi) is 5.54. The lowest BCUT2D eigenvalue weighted by molar-refractivity contribution is 0.0955. The Morgan fingerprint density at radius 2 is 1.91 bits per heavy atom. The van der Waals surface area contributed by atoms with Gasteiger partial charge in [0, 0.05) is 18.9 Å². The summed E-state index contributed by atoms with van der Waals surface area (Å²) in [5.74, 6) is -0.158. The van der Waals surface area contributed by atoms with Gasteiger partial charge in [-0.3, -0.25) is 9.48 Å². The van der Waals surface area contributed by atoms with Gasteiger partial charge in [0.05, 0.1) is 12.2 Å². The van der Waals surface area contributed by atoms with E-state index in [0.29, 0.717) is 17.1 Å². The number of hydrogen-bond donors (Lipinski definition) is 1. The van der Waals surface area contributed by atoms with Crippen LogP contribution in [0.25, 0.3) is 16.8 Å². The summed E-state index contributed by atoms with van der Waals surface area (Å²) in [6.07, 6.45) is 5.20. The number of tetrazole rings is 1. The molecule has 158 valence electrons. The van der Waals surface area contributed by atoms with Crippen LogP contribution in [0, 0.1) is 0 Å². The fourth-order valence-electron chi connectivity index (χ4n) is 3.51. The number of amides is 1. The molecule has 3 aromatic heterocycles. The summed E-state index contributed by atoms with van der Waals surface area (Å²) < 4.78 is 3.39. The first-order valence-electron chi connectivity index (χ1n) is 10.0. The number of carbonyl (C=O) groups is 1. The monoisotopic (exact) mass is 441 g/mol. The molecule has 5 rings (SSSR count). The maximum atomic E-state index is 12.8. The zero-order chi connectivity index (χ0) is 21.8. The molecule has 0 unspecified atom stereocenters. The Labute approximate surface area is 188 Å². The molecule has 0 aliphatic rings. The molecule has 1 amide bonds. The predicted octanol–water partition coefficient (Wildman–Crippen LogP) is 3.57. The molecule has 9 heteroatoms. The second-order valence-electron chi connectivity index (χ2n) is 7.13. The third kappa shape index (κ3) is 4.19. The van der Waals surface area contributed by atoms with Crippen molar-refractivity contribution in [1.29, 1.82) is 0 Å². The highest BCUT2D eigenvalue weighted by molar-refractivity contribution is 7.12. The first kappa shape index (κ1) is 19.8. The molecule has 0 bridgehead atoms. The van der Waals surface area contributed by atoms with Crippen LogP contribution in [0.5, 0.6) is 0 Å². The summed E-state index contributed by atoms with van der Waals surface area (Å²) in [5, 5.41) is 20.3. The first-order valence-corrected chi connectivity index (χ1v) is 10.9. The summed E-state index contributed by atoms with van der Waals surface area (Å²) in [7, 11) is 0. The average molecular weight is 442 g/mol. The largest absolute Gasteiger partial charge is 0.347 e. The number of thiophene rings is 1. The highest BCUT2D eigenvalue weighted by Gasteiger charge is 2.16. The molecule has 0 atom stereocenters. The predicted molar refractivity (Wildman–Crippen MR) is 121 cm³/mol. The number of rotatable bonds is 7. The molecule has 1 N–H and O–H groups in total. The topological polar surface area (TPSA) is 90.5 Å². The SMILES string of the molecule is O=C(NCc1ccccc1-c1ccc(Cn2cccn2)cc1)c1sccc1-n1cnnn1. The maximum absolute atomic E-state index is 12.8. The van der Waals surface area contributed by atoms with Crippen molar-refractivity contribution in [2.24, 2.45) is 0 Å². The van der Waals surface area contributed by atoms with Gasteiger partial charge in [0.2, 0.25) is 0 Å². The molecule has 32 heavy (non-hydrogen) atoms. The van der Waals surface area contributed by atoms with Gasteiger partial charge in [0.25, 0.3) is 5.91 Å². The molecular weight excluding hydrogens is 422 g/mol. The zero-order valence-electron chi connectivity index (χ0n) is 17.0. The van der Waals surface area contributed by atoms with E-state index in [1.165, 1.54) is 27.9 Å².